The zero-order chi connectivity index (χ0) is 9.68. The average molecular weight is 187 g/mol. The lowest BCUT2D eigenvalue weighted by Gasteiger charge is -2.06. The maximum atomic E-state index is 12.4. The molecule has 72 valence electrons. The van der Waals surface area contributed by atoms with Crippen molar-refractivity contribution in [2.24, 2.45) is 5.90 Å². The fraction of sp³-hybridized carbons (Fsp3) is 0.333. The summed E-state index contributed by atoms with van der Waals surface area (Å²) in [5, 5.41) is 0. The second-order valence-electron chi connectivity index (χ2n) is 2.62. The second-order valence-corrected chi connectivity index (χ2v) is 2.62. The molecular formula is C9H11F2NO. The van der Waals surface area contributed by atoms with E-state index in [9.17, 15) is 8.78 Å². The quantitative estimate of drug-likeness (QED) is 0.732. The highest BCUT2D eigenvalue weighted by Gasteiger charge is 2.10. The molecule has 2 N–H and O–H groups in total. The third kappa shape index (κ3) is 2.75. The van der Waals surface area contributed by atoms with Crippen molar-refractivity contribution in [3.8, 4) is 0 Å². The van der Waals surface area contributed by atoms with Gasteiger partial charge in [-0.25, -0.2) is 14.7 Å². The minimum atomic E-state index is -2.44. The van der Waals surface area contributed by atoms with Crippen LogP contribution in [0.2, 0.25) is 0 Å². The number of nitrogens with two attached hydrogens (primary N) is 1. The Morgan fingerprint density at radius 3 is 2.62 bits per heavy atom. The summed E-state index contributed by atoms with van der Waals surface area (Å²) in [4.78, 5) is 4.34. The van der Waals surface area contributed by atoms with Gasteiger partial charge < -0.3 is 4.84 Å². The van der Waals surface area contributed by atoms with Crippen molar-refractivity contribution in [3.63, 3.8) is 0 Å². The van der Waals surface area contributed by atoms with E-state index < -0.39 is 6.43 Å². The van der Waals surface area contributed by atoms with Gasteiger partial charge in [-0.1, -0.05) is 24.3 Å². The lowest BCUT2D eigenvalue weighted by atomic mass is 10.1. The molecule has 4 heteroatoms. The van der Waals surface area contributed by atoms with Crippen molar-refractivity contribution in [1.29, 1.82) is 0 Å². The fourth-order valence-corrected chi connectivity index (χ4v) is 1.14. The van der Waals surface area contributed by atoms with Crippen molar-refractivity contribution in [2.45, 2.75) is 12.8 Å². The normalized spacial score (nSPS) is 10.8. The first-order chi connectivity index (χ1) is 6.25. The second kappa shape index (κ2) is 4.89. The van der Waals surface area contributed by atoms with Crippen LogP contribution in [-0.2, 0) is 11.3 Å². The minimum absolute atomic E-state index is 0.0551. The first-order valence-electron chi connectivity index (χ1n) is 3.93. The van der Waals surface area contributed by atoms with Gasteiger partial charge in [-0.15, -0.1) is 0 Å². The van der Waals surface area contributed by atoms with Gasteiger partial charge in [-0.3, -0.25) is 0 Å². The predicted molar refractivity (Wildman–Crippen MR) is 45.2 cm³/mol. The van der Waals surface area contributed by atoms with E-state index in [1.165, 1.54) is 6.07 Å². The van der Waals surface area contributed by atoms with Gasteiger partial charge >= 0.3 is 0 Å². The molecule has 0 atom stereocenters. The molecule has 0 aliphatic carbocycles. The van der Waals surface area contributed by atoms with Crippen molar-refractivity contribution in [2.75, 3.05) is 6.61 Å². The Bertz CT molecular complexity index is 266. The molecule has 0 radical (unpaired) electrons. The molecule has 0 fully saturated rings. The summed E-state index contributed by atoms with van der Waals surface area (Å²) in [7, 11) is 0. The lowest BCUT2D eigenvalue weighted by Crippen LogP contribution is -2.05. The Kier molecular flexibility index (Phi) is 3.79. The Morgan fingerprint density at radius 1 is 1.31 bits per heavy atom. The Morgan fingerprint density at radius 2 is 2.00 bits per heavy atom. The van der Waals surface area contributed by atoms with Crippen LogP contribution in [0.1, 0.15) is 17.6 Å². The highest BCUT2D eigenvalue weighted by atomic mass is 19.3. The molecule has 0 bridgehead atoms. The maximum absolute atomic E-state index is 12.4. The molecule has 0 unspecified atom stereocenters. The van der Waals surface area contributed by atoms with E-state index in [0.29, 0.717) is 12.0 Å². The molecule has 2 nitrogen and oxygen atoms in total. The smallest absolute Gasteiger partial charge is 0.264 e. The predicted octanol–water partition coefficient (Wildman–Crippen LogP) is 2.06. The number of hydrogen-bond donors (Lipinski definition) is 1. The number of hydrogen-bond acceptors (Lipinski definition) is 2. The van der Waals surface area contributed by atoms with Crippen LogP contribution in [0.25, 0.3) is 0 Å². The first kappa shape index (κ1) is 10.1. The van der Waals surface area contributed by atoms with E-state index in [-0.39, 0.29) is 12.2 Å². The minimum Gasteiger partial charge on any atom is -0.304 e. The highest BCUT2D eigenvalue weighted by Crippen LogP contribution is 2.22. The molecule has 0 amide bonds. The van der Waals surface area contributed by atoms with Crippen LogP contribution < -0.4 is 5.90 Å². The summed E-state index contributed by atoms with van der Waals surface area (Å²) < 4.78 is 24.8. The SMILES string of the molecule is NOCCc1ccccc1C(F)F. The van der Waals surface area contributed by atoms with Crippen LogP contribution >= 0.6 is 0 Å². The van der Waals surface area contributed by atoms with E-state index in [2.05, 4.69) is 4.84 Å². The van der Waals surface area contributed by atoms with E-state index in [0.717, 1.165) is 0 Å². The lowest BCUT2D eigenvalue weighted by molar-refractivity contribution is 0.135. The molecule has 0 spiro atoms. The molecule has 1 aromatic carbocycles. The van der Waals surface area contributed by atoms with Gasteiger partial charge in [-0.2, -0.15) is 0 Å². The Hall–Kier alpha value is -1.00. The zero-order valence-electron chi connectivity index (χ0n) is 7.04. The van der Waals surface area contributed by atoms with Gasteiger partial charge in [0.15, 0.2) is 0 Å². The molecule has 0 heterocycles. The monoisotopic (exact) mass is 187 g/mol. The van der Waals surface area contributed by atoms with Gasteiger partial charge in [0.25, 0.3) is 6.43 Å². The van der Waals surface area contributed by atoms with Crippen molar-refractivity contribution in [3.05, 3.63) is 35.4 Å². The van der Waals surface area contributed by atoms with Crippen molar-refractivity contribution >= 4 is 0 Å². The molecule has 0 aromatic heterocycles. The average Bonchev–Trinajstić information content (AvgIpc) is 2.15. The van der Waals surface area contributed by atoms with E-state index in [4.69, 9.17) is 5.90 Å². The zero-order valence-corrected chi connectivity index (χ0v) is 7.04. The van der Waals surface area contributed by atoms with Crippen LogP contribution in [0, 0.1) is 0 Å². The van der Waals surface area contributed by atoms with Crippen molar-refractivity contribution < 1.29 is 13.6 Å². The summed E-state index contributed by atoms with van der Waals surface area (Å²) >= 11 is 0. The summed E-state index contributed by atoms with van der Waals surface area (Å²) in [5.74, 6) is 4.82. The third-order valence-corrected chi connectivity index (χ3v) is 1.78. The van der Waals surface area contributed by atoms with Gasteiger partial charge in [0.2, 0.25) is 0 Å². The maximum Gasteiger partial charge on any atom is 0.264 e. The number of alkyl halides is 2. The van der Waals surface area contributed by atoms with Gasteiger partial charge in [0.05, 0.1) is 6.61 Å². The topological polar surface area (TPSA) is 35.2 Å². The van der Waals surface area contributed by atoms with Gasteiger partial charge in [0.1, 0.15) is 0 Å². The largest absolute Gasteiger partial charge is 0.304 e. The number of halogens is 2. The summed E-state index contributed by atoms with van der Waals surface area (Å²) in [6.45, 7) is 0.254. The number of rotatable bonds is 4. The summed E-state index contributed by atoms with van der Waals surface area (Å²) in [6, 6.07) is 6.38. The van der Waals surface area contributed by atoms with Crippen LogP contribution in [0.15, 0.2) is 24.3 Å². The standard InChI is InChI=1S/C9H11F2NO/c10-9(11)8-4-2-1-3-7(8)5-6-13-12/h1-4,9H,5-6,12H2. The van der Waals surface area contributed by atoms with Crippen LogP contribution in [0.5, 0.6) is 0 Å². The number of benzene rings is 1. The van der Waals surface area contributed by atoms with Gasteiger partial charge in [-0.05, 0) is 12.0 Å². The van der Waals surface area contributed by atoms with Crippen molar-refractivity contribution in [1.82, 2.24) is 0 Å². The van der Waals surface area contributed by atoms with E-state index >= 15 is 0 Å². The molecular weight excluding hydrogens is 176 g/mol. The molecule has 13 heavy (non-hydrogen) atoms. The Balaban J connectivity index is 2.78. The summed E-state index contributed by atoms with van der Waals surface area (Å²) in [5.41, 5.74) is 0.641. The van der Waals surface area contributed by atoms with Crippen LogP contribution in [0.4, 0.5) is 8.78 Å². The Labute approximate surface area is 75.3 Å². The fourth-order valence-electron chi connectivity index (χ4n) is 1.14. The van der Waals surface area contributed by atoms with E-state index in [1.54, 1.807) is 18.2 Å². The van der Waals surface area contributed by atoms with E-state index in [1.807, 2.05) is 0 Å². The van der Waals surface area contributed by atoms with Gasteiger partial charge in [0, 0.05) is 5.56 Å². The highest BCUT2D eigenvalue weighted by molar-refractivity contribution is 5.28. The molecule has 0 saturated heterocycles. The third-order valence-electron chi connectivity index (χ3n) is 1.78. The van der Waals surface area contributed by atoms with Crippen LogP contribution in [0.3, 0.4) is 0 Å². The summed E-state index contributed by atoms with van der Waals surface area (Å²) in [6.07, 6.45) is -2.02. The molecule has 0 saturated carbocycles. The molecule has 0 aliphatic rings. The van der Waals surface area contributed by atoms with Crippen LogP contribution in [-0.4, -0.2) is 6.61 Å². The first-order valence-corrected chi connectivity index (χ1v) is 3.93. The molecule has 1 aromatic rings. The molecule has 1 rings (SSSR count). The molecule has 0 aliphatic heterocycles.